The minimum atomic E-state index is -0.802. The quantitative estimate of drug-likeness (QED) is 0.289. The Morgan fingerprint density at radius 1 is 0.765 bits per heavy atom. The van der Waals surface area contributed by atoms with Gasteiger partial charge >= 0.3 is 5.97 Å². The highest BCUT2D eigenvalue weighted by molar-refractivity contribution is 5.69. The molecule has 172 valence electrons. The second-order valence-corrected chi connectivity index (χ2v) is 8.85. The highest BCUT2D eigenvalue weighted by atomic mass is 16.4. The summed E-state index contributed by atoms with van der Waals surface area (Å²) < 4.78 is 0. The second-order valence-electron chi connectivity index (χ2n) is 8.85. The lowest BCUT2D eigenvalue weighted by Crippen LogP contribution is -2.32. The first-order chi connectivity index (χ1) is 16.5. The molecule has 4 rings (SSSR count). The van der Waals surface area contributed by atoms with Gasteiger partial charge in [-0.2, -0.15) is 0 Å². The van der Waals surface area contributed by atoms with E-state index in [1.54, 1.807) is 0 Å². The Hall–Kier alpha value is -3.69. The van der Waals surface area contributed by atoms with Crippen LogP contribution in [0, 0.1) is 6.92 Å². The van der Waals surface area contributed by atoms with Crippen LogP contribution >= 0.6 is 0 Å². The first-order valence-corrected chi connectivity index (χ1v) is 11.7. The summed E-state index contributed by atoms with van der Waals surface area (Å²) in [5.41, 5.74) is 6.79. The van der Waals surface area contributed by atoms with Gasteiger partial charge in [-0.3, -0.25) is 9.69 Å². The fourth-order valence-corrected chi connectivity index (χ4v) is 4.58. The van der Waals surface area contributed by atoms with Crippen LogP contribution < -0.4 is 0 Å². The maximum absolute atomic E-state index is 12.1. The van der Waals surface area contributed by atoms with Crippen LogP contribution in [0.1, 0.15) is 47.7 Å². The number of rotatable bonds is 9. The molecule has 0 aliphatic heterocycles. The molecule has 0 heterocycles. The van der Waals surface area contributed by atoms with Crippen LogP contribution in [0.2, 0.25) is 0 Å². The Bertz CT molecular complexity index is 1220. The van der Waals surface area contributed by atoms with Gasteiger partial charge in [0.05, 0.1) is 6.42 Å². The zero-order valence-electron chi connectivity index (χ0n) is 19.8. The van der Waals surface area contributed by atoms with Crippen LogP contribution in [0.5, 0.6) is 0 Å². The molecule has 3 nitrogen and oxygen atoms in total. The molecule has 0 amide bonds. The third-order valence-corrected chi connectivity index (χ3v) is 6.38. The largest absolute Gasteiger partial charge is 0.481 e. The number of carbonyl (C=O) groups is 1. The van der Waals surface area contributed by atoms with Crippen LogP contribution in [0.15, 0.2) is 109 Å². The van der Waals surface area contributed by atoms with Gasteiger partial charge in [-0.25, -0.2) is 0 Å². The SMILES string of the molecule is Cc1cccc(-c2cccc([C@H](CC(=O)O)N(Cc3ccccc3)[C@H](C)c3ccccc3)c2)c1. The minimum Gasteiger partial charge on any atom is -0.481 e. The third-order valence-electron chi connectivity index (χ3n) is 6.38. The maximum Gasteiger partial charge on any atom is 0.305 e. The number of carboxylic acids is 1. The summed E-state index contributed by atoms with van der Waals surface area (Å²) in [5, 5.41) is 9.91. The first kappa shape index (κ1) is 23.5. The molecular formula is C31H31NO2. The predicted octanol–water partition coefficient (Wildman–Crippen LogP) is 7.44. The third kappa shape index (κ3) is 5.81. The summed E-state index contributed by atoms with van der Waals surface area (Å²) in [7, 11) is 0. The summed E-state index contributed by atoms with van der Waals surface area (Å²) in [6, 6.07) is 37.1. The van der Waals surface area contributed by atoms with Crippen LogP contribution in [0.25, 0.3) is 11.1 Å². The normalized spacial score (nSPS) is 12.9. The van der Waals surface area contributed by atoms with E-state index in [2.05, 4.69) is 85.5 Å². The fourth-order valence-electron chi connectivity index (χ4n) is 4.58. The topological polar surface area (TPSA) is 40.5 Å². The van der Waals surface area contributed by atoms with Gasteiger partial charge in [0.1, 0.15) is 0 Å². The van der Waals surface area contributed by atoms with Gasteiger partial charge in [-0.05, 0) is 47.7 Å². The minimum absolute atomic E-state index is 0.0290. The van der Waals surface area contributed by atoms with Gasteiger partial charge in [-0.1, -0.05) is 109 Å². The van der Waals surface area contributed by atoms with E-state index < -0.39 is 5.97 Å². The molecule has 0 saturated carbocycles. The molecular weight excluding hydrogens is 418 g/mol. The van der Waals surface area contributed by atoms with E-state index in [0.717, 1.165) is 22.3 Å². The molecule has 0 saturated heterocycles. The van der Waals surface area contributed by atoms with Crippen molar-refractivity contribution in [2.24, 2.45) is 0 Å². The standard InChI is InChI=1S/C31H31NO2/c1-23-11-9-16-27(19-23)28-17-10-18-29(20-28)30(21-31(33)34)32(22-25-12-5-3-6-13-25)24(2)26-14-7-4-8-15-26/h3-20,24,30H,21-22H2,1-2H3,(H,33,34)/t24-,30+/m1/s1. The lowest BCUT2D eigenvalue weighted by molar-refractivity contribution is -0.138. The Labute approximate surface area is 202 Å². The van der Waals surface area contributed by atoms with Gasteiger partial charge in [0.2, 0.25) is 0 Å². The van der Waals surface area contributed by atoms with Gasteiger partial charge in [-0.15, -0.1) is 0 Å². The van der Waals surface area contributed by atoms with Crippen molar-refractivity contribution in [1.82, 2.24) is 4.90 Å². The number of nitrogens with zero attached hydrogens (tertiary/aromatic N) is 1. The molecule has 0 radical (unpaired) electrons. The Balaban J connectivity index is 1.78. The van der Waals surface area contributed by atoms with Gasteiger partial charge in [0, 0.05) is 18.6 Å². The van der Waals surface area contributed by atoms with E-state index in [1.807, 2.05) is 42.5 Å². The van der Waals surface area contributed by atoms with Crippen molar-refractivity contribution in [2.45, 2.75) is 38.9 Å². The highest BCUT2D eigenvalue weighted by Gasteiger charge is 2.28. The van der Waals surface area contributed by atoms with Crippen molar-refractivity contribution in [3.8, 4) is 11.1 Å². The summed E-state index contributed by atoms with van der Waals surface area (Å²) in [4.78, 5) is 14.4. The van der Waals surface area contributed by atoms with Crippen molar-refractivity contribution in [3.05, 3.63) is 131 Å². The lowest BCUT2D eigenvalue weighted by atomic mass is 9.93. The van der Waals surface area contributed by atoms with Crippen molar-refractivity contribution in [2.75, 3.05) is 0 Å². The van der Waals surface area contributed by atoms with E-state index >= 15 is 0 Å². The number of carboxylic acid groups (broad SMARTS) is 1. The zero-order chi connectivity index (χ0) is 23.9. The summed E-state index contributed by atoms with van der Waals surface area (Å²) in [6.07, 6.45) is 0.0290. The second kappa shape index (κ2) is 11.0. The zero-order valence-corrected chi connectivity index (χ0v) is 19.8. The summed E-state index contributed by atoms with van der Waals surface area (Å²) >= 11 is 0. The fraction of sp³-hybridized carbons (Fsp3) is 0.194. The molecule has 0 aliphatic carbocycles. The van der Waals surface area contributed by atoms with Crippen molar-refractivity contribution < 1.29 is 9.90 Å². The molecule has 0 spiro atoms. The molecule has 1 N–H and O–H groups in total. The van der Waals surface area contributed by atoms with Crippen molar-refractivity contribution in [1.29, 1.82) is 0 Å². The maximum atomic E-state index is 12.1. The number of aliphatic carboxylic acids is 1. The molecule has 0 bridgehead atoms. The van der Waals surface area contributed by atoms with Crippen LogP contribution in [0.3, 0.4) is 0 Å². The van der Waals surface area contributed by atoms with E-state index in [4.69, 9.17) is 0 Å². The highest BCUT2D eigenvalue weighted by Crippen LogP contribution is 2.36. The van der Waals surface area contributed by atoms with E-state index in [1.165, 1.54) is 11.1 Å². The average molecular weight is 450 g/mol. The van der Waals surface area contributed by atoms with E-state index in [-0.39, 0.29) is 18.5 Å². The van der Waals surface area contributed by atoms with Gasteiger partial charge in [0.25, 0.3) is 0 Å². The van der Waals surface area contributed by atoms with Crippen LogP contribution in [-0.4, -0.2) is 16.0 Å². The molecule has 2 atom stereocenters. The van der Waals surface area contributed by atoms with E-state index in [0.29, 0.717) is 6.54 Å². The smallest absolute Gasteiger partial charge is 0.305 e. The number of aryl methyl sites for hydroxylation is 1. The number of hydrogen-bond acceptors (Lipinski definition) is 2. The number of hydrogen-bond donors (Lipinski definition) is 1. The van der Waals surface area contributed by atoms with Gasteiger partial charge < -0.3 is 5.11 Å². The summed E-state index contributed by atoms with van der Waals surface area (Å²) in [5.74, 6) is -0.802. The van der Waals surface area contributed by atoms with Crippen molar-refractivity contribution in [3.63, 3.8) is 0 Å². The molecule has 0 aliphatic rings. The Kier molecular flexibility index (Phi) is 7.56. The molecule has 0 aromatic heterocycles. The first-order valence-electron chi connectivity index (χ1n) is 11.7. The van der Waals surface area contributed by atoms with Crippen LogP contribution in [-0.2, 0) is 11.3 Å². The molecule has 0 unspecified atom stereocenters. The lowest BCUT2D eigenvalue weighted by Gasteiger charge is -2.37. The molecule has 0 fully saturated rings. The molecule has 4 aromatic carbocycles. The van der Waals surface area contributed by atoms with Gasteiger partial charge in [0.15, 0.2) is 0 Å². The Morgan fingerprint density at radius 3 is 2.00 bits per heavy atom. The number of benzene rings is 4. The Morgan fingerprint density at radius 2 is 1.35 bits per heavy atom. The molecule has 4 aromatic rings. The molecule has 34 heavy (non-hydrogen) atoms. The van der Waals surface area contributed by atoms with Crippen molar-refractivity contribution >= 4 is 5.97 Å². The monoisotopic (exact) mass is 449 g/mol. The van der Waals surface area contributed by atoms with E-state index in [9.17, 15) is 9.90 Å². The molecule has 3 heteroatoms. The van der Waals surface area contributed by atoms with Crippen LogP contribution in [0.4, 0.5) is 0 Å². The summed E-state index contributed by atoms with van der Waals surface area (Å²) in [6.45, 7) is 4.91. The predicted molar refractivity (Wildman–Crippen MR) is 138 cm³/mol. The average Bonchev–Trinajstić information content (AvgIpc) is 2.87.